The smallest absolute Gasteiger partial charge is 0.325 e. The van der Waals surface area contributed by atoms with Crippen LogP contribution in [-0.2, 0) is 9.59 Å². The summed E-state index contributed by atoms with van der Waals surface area (Å²) in [6.45, 7) is 3.78. The summed E-state index contributed by atoms with van der Waals surface area (Å²) in [7, 11) is 0. The van der Waals surface area contributed by atoms with Gasteiger partial charge in [-0.3, -0.25) is 14.5 Å². The van der Waals surface area contributed by atoms with Crippen LogP contribution >= 0.6 is 0 Å². The number of nitrogens with one attached hydrogen (secondary N) is 2. The topological polar surface area (TPSA) is 105 Å². The molecule has 2 unspecified atom stereocenters. The molecule has 0 radical (unpaired) electrons. The van der Waals surface area contributed by atoms with Crippen molar-refractivity contribution in [1.29, 1.82) is 0 Å². The molecule has 4 N–H and O–H groups in total. The summed E-state index contributed by atoms with van der Waals surface area (Å²) in [5.41, 5.74) is 4.49. The highest BCUT2D eigenvalue weighted by Gasteiger charge is 2.56. The fourth-order valence-electron chi connectivity index (χ4n) is 3.34. The van der Waals surface area contributed by atoms with Crippen molar-refractivity contribution < 1.29 is 14.4 Å². The van der Waals surface area contributed by atoms with Crippen LogP contribution in [0, 0.1) is 11.8 Å². The molecule has 2 atom stereocenters. The Morgan fingerprint density at radius 1 is 1.41 bits per heavy atom. The number of imide groups is 1. The Labute approximate surface area is 130 Å². The predicted octanol–water partition coefficient (Wildman–Crippen LogP) is -0.0495. The number of rotatable bonds is 6. The minimum absolute atomic E-state index is 0.192. The third kappa shape index (κ3) is 2.47. The molecule has 0 aromatic rings. The molecule has 1 heterocycles. The Bertz CT molecular complexity index is 529. The van der Waals surface area contributed by atoms with Crippen molar-refractivity contribution in [2.75, 3.05) is 13.1 Å². The Hall–Kier alpha value is -1.63. The predicted molar refractivity (Wildman–Crippen MR) is 79.7 cm³/mol. The SMILES string of the molecule is CC(CN)(NC(=O)CN1C(=O)NC(C)(C2CC2)C1=O)C1CC1. The molecule has 3 rings (SSSR count). The highest BCUT2D eigenvalue weighted by atomic mass is 16.2. The zero-order chi connectivity index (χ0) is 16.1. The van der Waals surface area contributed by atoms with Gasteiger partial charge in [0.25, 0.3) is 5.91 Å². The summed E-state index contributed by atoms with van der Waals surface area (Å²) in [5.74, 6) is -0.0431. The number of nitrogens with two attached hydrogens (primary N) is 1. The van der Waals surface area contributed by atoms with Crippen molar-refractivity contribution in [3.8, 4) is 0 Å². The van der Waals surface area contributed by atoms with Crippen LogP contribution in [0.15, 0.2) is 0 Å². The molecule has 1 saturated heterocycles. The Balaban J connectivity index is 1.64. The van der Waals surface area contributed by atoms with Crippen molar-refractivity contribution in [3.05, 3.63) is 0 Å². The molecule has 0 aromatic heterocycles. The first-order chi connectivity index (χ1) is 10.3. The molecule has 0 spiro atoms. The van der Waals surface area contributed by atoms with Gasteiger partial charge in [-0.2, -0.15) is 0 Å². The number of hydrogen-bond donors (Lipinski definition) is 3. The van der Waals surface area contributed by atoms with Crippen molar-refractivity contribution in [2.45, 2.75) is 50.6 Å². The van der Waals surface area contributed by atoms with Gasteiger partial charge in [-0.1, -0.05) is 0 Å². The standard InChI is InChI=1S/C15H24N4O3/c1-14(8-16,9-3-4-9)17-11(20)7-19-12(21)15(2,10-5-6-10)18-13(19)22/h9-10H,3-8,16H2,1-2H3,(H,17,20)(H,18,22). The van der Waals surface area contributed by atoms with Gasteiger partial charge >= 0.3 is 6.03 Å². The van der Waals surface area contributed by atoms with Gasteiger partial charge in [-0.25, -0.2) is 4.79 Å². The van der Waals surface area contributed by atoms with Gasteiger partial charge in [0, 0.05) is 6.54 Å². The normalized spacial score (nSPS) is 31.0. The van der Waals surface area contributed by atoms with E-state index < -0.39 is 17.1 Å². The van der Waals surface area contributed by atoms with Crippen molar-refractivity contribution in [2.24, 2.45) is 17.6 Å². The van der Waals surface area contributed by atoms with Crippen molar-refractivity contribution >= 4 is 17.8 Å². The third-order valence-corrected chi connectivity index (χ3v) is 5.32. The van der Waals surface area contributed by atoms with Crippen LogP contribution in [0.5, 0.6) is 0 Å². The van der Waals surface area contributed by atoms with Gasteiger partial charge in [-0.15, -0.1) is 0 Å². The largest absolute Gasteiger partial charge is 0.348 e. The number of carbonyl (C=O) groups is 3. The zero-order valence-corrected chi connectivity index (χ0v) is 13.1. The first-order valence-electron chi connectivity index (χ1n) is 7.95. The second kappa shape index (κ2) is 4.94. The quantitative estimate of drug-likeness (QED) is 0.598. The molecule has 7 heteroatoms. The summed E-state index contributed by atoms with van der Waals surface area (Å²) in [6, 6.07) is -0.476. The first kappa shape index (κ1) is 15.3. The van der Waals surface area contributed by atoms with E-state index in [0.29, 0.717) is 12.5 Å². The Kier molecular flexibility index (Phi) is 3.43. The summed E-state index contributed by atoms with van der Waals surface area (Å²) >= 11 is 0. The maximum Gasteiger partial charge on any atom is 0.325 e. The average molecular weight is 308 g/mol. The van der Waals surface area contributed by atoms with Crippen LogP contribution in [0.25, 0.3) is 0 Å². The minimum atomic E-state index is -0.842. The summed E-state index contributed by atoms with van der Waals surface area (Å²) in [6.07, 6.45) is 3.98. The second-order valence-electron chi connectivity index (χ2n) is 7.24. The highest BCUT2D eigenvalue weighted by molar-refractivity contribution is 6.09. The lowest BCUT2D eigenvalue weighted by atomic mass is 9.95. The second-order valence-corrected chi connectivity index (χ2v) is 7.24. The average Bonchev–Trinajstić information content (AvgIpc) is 3.33. The van der Waals surface area contributed by atoms with E-state index in [1.807, 2.05) is 6.92 Å². The maximum atomic E-state index is 12.5. The van der Waals surface area contributed by atoms with E-state index >= 15 is 0 Å². The van der Waals surface area contributed by atoms with Gasteiger partial charge in [0.2, 0.25) is 5.91 Å². The van der Waals surface area contributed by atoms with E-state index in [4.69, 9.17) is 5.73 Å². The third-order valence-electron chi connectivity index (χ3n) is 5.32. The minimum Gasteiger partial charge on any atom is -0.348 e. The summed E-state index contributed by atoms with van der Waals surface area (Å²) < 4.78 is 0. The van der Waals surface area contributed by atoms with Crippen molar-refractivity contribution in [1.82, 2.24) is 15.5 Å². The van der Waals surface area contributed by atoms with Crippen LogP contribution in [0.2, 0.25) is 0 Å². The Morgan fingerprint density at radius 2 is 2.05 bits per heavy atom. The molecule has 4 amide bonds. The van der Waals surface area contributed by atoms with Crippen LogP contribution in [-0.4, -0.2) is 46.9 Å². The number of urea groups is 1. The van der Waals surface area contributed by atoms with E-state index in [9.17, 15) is 14.4 Å². The van der Waals surface area contributed by atoms with Crippen LogP contribution in [0.3, 0.4) is 0 Å². The molecule has 3 fully saturated rings. The molecule has 22 heavy (non-hydrogen) atoms. The molecule has 7 nitrogen and oxygen atoms in total. The number of carbonyl (C=O) groups excluding carboxylic acids is 3. The molecule has 3 aliphatic rings. The van der Waals surface area contributed by atoms with Gasteiger partial charge in [-0.05, 0) is 51.4 Å². The number of nitrogens with zero attached hydrogens (tertiary/aromatic N) is 1. The van der Waals surface area contributed by atoms with E-state index in [-0.39, 0.29) is 24.3 Å². The van der Waals surface area contributed by atoms with E-state index in [1.54, 1.807) is 6.92 Å². The van der Waals surface area contributed by atoms with Gasteiger partial charge < -0.3 is 16.4 Å². The van der Waals surface area contributed by atoms with Crippen LogP contribution in [0.4, 0.5) is 4.79 Å². The zero-order valence-electron chi connectivity index (χ0n) is 13.1. The number of amides is 4. The lowest BCUT2D eigenvalue weighted by Crippen LogP contribution is -2.56. The molecule has 1 aliphatic heterocycles. The van der Waals surface area contributed by atoms with Gasteiger partial charge in [0.1, 0.15) is 12.1 Å². The summed E-state index contributed by atoms with van der Waals surface area (Å²) in [4.78, 5) is 37.8. The van der Waals surface area contributed by atoms with Gasteiger partial charge in [0.15, 0.2) is 0 Å². The summed E-state index contributed by atoms with van der Waals surface area (Å²) in [5, 5.41) is 5.65. The maximum absolute atomic E-state index is 12.5. The number of hydrogen-bond acceptors (Lipinski definition) is 4. The van der Waals surface area contributed by atoms with Crippen LogP contribution in [0.1, 0.15) is 39.5 Å². The Morgan fingerprint density at radius 3 is 2.55 bits per heavy atom. The van der Waals surface area contributed by atoms with Gasteiger partial charge in [0.05, 0.1) is 5.54 Å². The van der Waals surface area contributed by atoms with E-state index in [0.717, 1.165) is 30.6 Å². The van der Waals surface area contributed by atoms with E-state index in [1.165, 1.54) is 0 Å². The lowest BCUT2D eigenvalue weighted by molar-refractivity contribution is -0.135. The first-order valence-corrected chi connectivity index (χ1v) is 7.95. The van der Waals surface area contributed by atoms with Crippen LogP contribution < -0.4 is 16.4 Å². The molecule has 0 bridgehead atoms. The molecule has 2 aliphatic carbocycles. The molecule has 0 aromatic carbocycles. The fourth-order valence-corrected chi connectivity index (χ4v) is 3.34. The molecule has 2 saturated carbocycles. The van der Waals surface area contributed by atoms with E-state index in [2.05, 4.69) is 10.6 Å². The highest BCUT2D eigenvalue weighted by Crippen LogP contribution is 2.42. The lowest BCUT2D eigenvalue weighted by Gasteiger charge is -2.30. The molecular formula is C15H24N4O3. The fraction of sp³-hybridized carbons (Fsp3) is 0.800. The molecule has 122 valence electrons. The van der Waals surface area contributed by atoms with Crippen molar-refractivity contribution in [3.63, 3.8) is 0 Å². The monoisotopic (exact) mass is 308 g/mol. The molecular weight excluding hydrogens is 284 g/mol.